The van der Waals surface area contributed by atoms with E-state index in [0.717, 1.165) is 17.7 Å². The minimum absolute atomic E-state index is 0.160. The normalized spacial score (nSPS) is 10.7. The third-order valence-corrected chi connectivity index (χ3v) is 3.12. The van der Waals surface area contributed by atoms with Crippen molar-refractivity contribution in [2.75, 3.05) is 6.61 Å². The summed E-state index contributed by atoms with van der Waals surface area (Å²) in [7, 11) is 0. The van der Waals surface area contributed by atoms with Gasteiger partial charge in [-0.05, 0) is 31.2 Å². The van der Waals surface area contributed by atoms with Crippen LogP contribution in [0.2, 0.25) is 0 Å². The molecule has 0 unspecified atom stereocenters. The third kappa shape index (κ3) is 3.37. The number of carbonyl (C=O) groups excluding carboxylic acids is 1. The molecular weight excluding hydrogens is 298 g/mol. The molecule has 1 aromatic carbocycles. The minimum atomic E-state index is -0.524. The summed E-state index contributed by atoms with van der Waals surface area (Å²) in [5.74, 6) is 0.893. The predicted molar refractivity (Wildman–Crippen MR) is 81.3 cm³/mol. The van der Waals surface area contributed by atoms with Gasteiger partial charge in [0.25, 0.3) is 11.8 Å². The first kappa shape index (κ1) is 14.8. The van der Waals surface area contributed by atoms with E-state index in [-0.39, 0.29) is 6.61 Å². The maximum atomic E-state index is 10.7. The van der Waals surface area contributed by atoms with Gasteiger partial charge in [-0.15, -0.1) is 0 Å². The summed E-state index contributed by atoms with van der Waals surface area (Å²) < 4.78 is 12.2. The van der Waals surface area contributed by atoms with Crippen LogP contribution in [0.4, 0.5) is 0 Å². The number of benzene rings is 1. The number of aromatic nitrogens is 4. The largest absolute Gasteiger partial charge is 0.484 e. The molecule has 1 amide bonds. The van der Waals surface area contributed by atoms with Crippen LogP contribution in [0.1, 0.15) is 6.92 Å². The van der Waals surface area contributed by atoms with Crippen LogP contribution in [0.3, 0.4) is 0 Å². The smallest absolute Gasteiger partial charge is 0.261 e. The van der Waals surface area contributed by atoms with Crippen molar-refractivity contribution in [2.24, 2.45) is 5.73 Å². The number of carbonyl (C=O) groups is 1. The first-order valence-corrected chi connectivity index (χ1v) is 7.04. The van der Waals surface area contributed by atoms with Gasteiger partial charge >= 0.3 is 0 Å². The van der Waals surface area contributed by atoms with Crippen LogP contribution in [-0.4, -0.2) is 32.4 Å². The second-order valence-electron chi connectivity index (χ2n) is 4.79. The lowest BCUT2D eigenvalue weighted by Gasteiger charge is -2.03. The Morgan fingerprint density at radius 2 is 2.09 bits per heavy atom. The van der Waals surface area contributed by atoms with E-state index < -0.39 is 5.91 Å². The van der Waals surface area contributed by atoms with Crippen molar-refractivity contribution in [3.63, 3.8) is 0 Å². The highest BCUT2D eigenvalue weighted by atomic mass is 16.5. The van der Waals surface area contributed by atoms with Crippen LogP contribution in [0.15, 0.2) is 41.2 Å². The van der Waals surface area contributed by atoms with E-state index in [9.17, 15) is 4.79 Å². The summed E-state index contributed by atoms with van der Waals surface area (Å²) in [4.78, 5) is 15.0. The second kappa shape index (κ2) is 6.30. The van der Waals surface area contributed by atoms with Crippen molar-refractivity contribution in [1.82, 2.24) is 19.9 Å². The Bertz CT molecular complexity index is 807. The highest BCUT2D eigenvalue weighted by Gasteiger charge is 2.12. The van der Waals surface area contributed by atoms with Crippen LogP contribution in [0.25, 0.3) is 22.8 Å². The lowest BCUT2D eigenvalue weighted by Crippen LogP contribution is -2.19. The highest BCUT2D eigenvalue weighted by molar-refractivity contribution is 5.75. The molecule has 0 saturated carbocycles. The number of rotatable bonds is 6. The number of ether oxygens (including phenoxy) is 1. The molecule has 0 fully saturated rings. The van der Waals surface area contributed by atoms with Crippen LogP contribution in [-0.2, 0) is 11.3 Å². The molecule has 3 rings (SSSR count). The van der Waals surface area contributed by atoms with E-state index in [2.05, 4.69) is 15.2 Å². The maximum Gasteiger partial charge on any atom is 0.261 e. The van der Waals surface area contributed by atoms with Gasteiger partial charge in [-0.3, -0.25) is 9.48 Å². The number of aryl methyl sites for hydroxylation is 1. The van der Waals surface area contributed by atoms with Crippen LogP contribution in [0.5, 0.6) is 5.75 Å². The van der Waals surface area contributed by atoms with Gasteiger partial charge in [-0.25, -0.2) is 0 Å². The Hall–Kier alpha value is -3.16. The van der Waals surface area contributed by atoms with Gasteiger partial charge in [0, 0.05) is 18.3 Å². The monoisotopic (exact) mass is 313 g/mol. The van der Waals surface area contributed by atoms with Crippen molar-refractivity contribution < 1.29 is 14.1 Å². The first-order chi connectivity index (χ1) is 11.2. The molecule has 2 N–H and O–H groups in total. The van der Waals surface area contributed by atoms with Gasteiger partial charge in [0.15, 0.2) is 6.61 Å². The number of primary amides is 1. The summed E-state index contributed by atoms with van der Waals surface area (Å²) in [6, 6.07) is 6.98. The Morgan fingerprint density at radius 1 is 1.30 bits per heavy atom. The summed E-state index contributed by atoms with van der Waals surface area (Å²) in [5.41, 5.74) is 6.57. The molecule has 0 aliphatic carbocycles. The van der Waals surface area contributed by atoms with Gasteiger partial charge in [0.05, 0.1) is 11.8 Å². The van der Waals surface area contributed by atoms with E-state index >= 15 is 0 Å². The number of hydrogen-bond acceptors (Lipinski definition) is 6. The molecule has 118 valence electrons. The van der Waals surface area contributed by atoms with Crippen molar-refractivity contribution >= 4 is 5.91 Å². The molecule has 0 bridgehead atoms. The van der Waals surface area contributed by atoms with E-state index in [4.69, 9.17) is 15.0 Å². The van der Waals surface area contributed by atoms with Crippen molar-refractivity contribution in [3.05, 3.63) is 36.7 Å². The zero-order chi connectivity index (χ0) is 16.2. The highest BCUT2D eigenvalue weighted by Crippen LogP contribution is 2.23. The Morgan fingerprint density at radius 3 is 2.74 bits per heavy atom. The molecule has 2 aromatic heterocycles. The molecule has 0 radical (unpaired) electrons. The van der Waals surface area contributed by atoms with Gasteiger partial charge in [-0.1, -0.05) is 5.16 Å². The number of amides is 1. The molecule has 0 aliphatic rings. The van der Waals surface area contributed by atoms with Crippen molar-refractivity contribution in [2.45, 2.75) is 13.5 Å². The van der Waals surface area contributed by atoms with Crippen molar-refractivity contribution in [1.29, 1.82) is 0 Å². The van der Waals surface area contributed by atoms with E-state index in [0.29, 0.717) is 17.5 Å². The average Bonchev–Trinajstić information content (AvgIpc) is 3.22. The average molecular weight is 313 g/mol. The molecule has 0 saturated heterocycles. The van der Waals surface area contributed by atoms with Gasteiger partial charge in [0.2, 0.25) is 5.82 Å². The Labute approximate surface area is 131 Å². The van der Waals surface area contributed by atoms with Crippen LogP contribution >= 0.6 is 0 Å². The molecule has 8 heteroatoms. The predicted octanol–water partition coefficient (Wildman–Crippen LogP) is 1.48. The molecular formula is C15H15N5O3. The minimum Gasteiger partial charge on any atom is -0.484 e. The molecule has 2 heterocycles. The molecule has 8 nitrogen and oxygen atoms in total. The van der Waals surface area contributed by atoms with E-state index in [1.807, 2.05) is 13.1 Å². The molecule has 0 atom stereocenters. The summed E-state index contributed by atoms with van der Waals surface area (Å²) in [6.45, 7) is 2.61. The second-order valence-corrected chi connectivity index (χ2v) is 4.79. The molecule has 0 spiro atoms. The molecule has 23 heavy (non-hydrogen) atoms. The Kier molecular flexibility index (Phi) is 4.05. The maximum absolute atomic E-state index is 10.7. The standard InChI is InChI=1S/C15H15N5O3/c1-2-20-8-11(7-17-20)15-18-14(19-23-15)10-3-5-12(6-4-10)22-9-13(16)21/h3-8H,2,9H2,1H3,(H2,16,21). The Balaban J connectivity index is 1.76. The first-order valence-electron chi connectivity index (χ1n) is 7.04. The van der Waals surface area contributed by atoms with Gasteiger partial charge in [-0.2, -0.15) is 10.1 Å². The van der Waals surface area contributed by atoms with Crippen molar-refractivity contribution in [3.8, 4) is 28.6 Å². The number of hydrogen-bond donors (Lipinski definition) is 1. The van der Waals surface area contributed by atoms with E-state index in [1.165, 1.54) is 0 Å². The quantitative estimate of drug-likeness (QED) is 0.738. The summed E-state index contributed by atoms with van der Waals surface area (Å²) in [5, 5.41) is 8.14. The fourth-order valence-corrected chi connectivity index (χ4v) is 1.96. The SMILES string of the molecule is CCn1cc(-c2nc(-c3ccc(OCC(N)=O)cc3)no2)cn1. The zero-order valence-electron chi connectivity index (χ0n) is 12.5. The lowest BCUT2D eigenvalue weighted by molar-refractivity contribution is -0.119. The summed E-state index contributed by atoms with van der Waals surface area (Å²) in [6.07, 6.45) is 3.53. The number of nitrogens with two attached hydrogens (primary N) is 1. The third-order valence-electron chi connectivity index (χ3n) is 3.12. The lowest BCUT2D eigenvalue weighted by atomic mass is 10.2. The van der Waals surface area contributed by atoms with Gasteiger partial charge < -0.3 is 15.0 Å². The van der Waals surface area contributed by atoms with Crippen LogP contribution < -0.4 is 10.5 Å². The van der Waals surface area contributed by atoms with Crippen LogP contribution in [0, 0.1) is 0 Å². The number of nitrogens with zero attached hydrogens (tertiary/aromatic N) is 4. The zero-order valence-corrected chi connectivity index (χ0v) is 12.5. The topological polar surface area (TPSA) is 109 Å². The summed E-state index contributed by atoms with van der Waals surface area (Å²) >= 11 is 0. The van der Waals surface area contributed by atoms with Gasteiger partial charge in [0.1, 0.15) is 5.75 Å². The molecule has 3 aromatic rings. The fraction of sp³-hybridized carbons (Fsp3) is 0.200. The molecule has 0 aliphatic heterocycles. The fourth-order valence-electron chi connectivity index (χ4n) is 1.96. The van der Waals surface area contributed by atoms with E-state index in [1.54, 1.807) is 35.1 Å².